The van der Waals surface area contributed by atoms with E-state index in [1.807, 2.05) is 11.8 Å². The molecule has 0 aromatic carbocycles. The number of ether oxygens (including phenoxy) is 1. The molecule has 0 aromatic rings. The molecule has 1 rings (SSSR count). The molecule has 1 saturated heterocycles. The zero-order valence-electron chi connectivity index (χ0n) is 17.5. The number of rotatable bonds is 9. The van der Waals surface area contributed by atoms with Gasteiger partial charge in [-0.1, -0.05) is 26.8 Å². The topological polar surface area (TPSA) is 106 Å². The van der Waals surface area contributed by atoms with E-state index in [-0.39, 0.29) is 17.7 Å². The summed E-state index contributed by atoms with van der Waals surface area (Å²) >= 11 is 0. The van der Waals surface area contributed by atoms with Crippen molar-refractivity contribution in [3.05, 3.63) is 23.5 Å². The van der Waals surface area contributed by atoms with E-state index in [2.05, 4.69) is 30.7 Å². The van der Waals surface area contributed by atoms with Crippen molar-refractivity contribution >= 4 is 11.7 Å². The number of amidine groups is 1. The van der Waals surface area contributed by atoms with Crippen molar-refractivity contribution < 1.29 is 9.53 Å². The Morgan fingerprint density at radius 3 is 2.52 bits per heavy atom. The van der Waals surface area contributed by atoms with E-state index in [4.69, 9.17) is 16.2 Å². The van der Waals surface area contributed by atoms with E-state index in [0.717, 1.165) is 32.2 Å². The number of hydrogen-bond donors (Lipinski definition) is 3. The molecule has 1 fully saturated rings. The van der Waals surface area contributed by atoms with Gasteiger partial charge in [0.25, 0.3) is 5.91 Å². The molecule has 1 aliphatic rings. The summed E-state index contributed by atoms with van der Waals surface area (Å²) in [7, 11) is 1.72. The van der Waals surface area contributed by atoms with Crippen LogP contribution in [0.3, 0.4) is 0 Å². The van der Waals surface area contributed by atoms with E-state index in [1.54, 1.807) is 14.0 Å². The first kappa shape index (κ1) is 23.2. The Morgan fingerprint density at radius 2 is 2.04 bits per heavy atom. The number of nitrogens with one attached hydrogen (secondary N) is 1. The lowest BCUT2D eigenvalue weighted by Gasteiger charge is -2.41. The van der Waals surface area contributed by atoms with Gasteiger partial charge in [0.1, 0.15) is 5.84 Å². The minimum Gasteiger partial charge on any atom is -0.401 e. The zero-order chi connectivity index (χ0) is 20.6. The van der Waals surface area contributed by atoms with Crippen LogP contribution in [0, 0.1) is 0 Å². The Balaban J connectivity index is 3.01. The lowest BCUT2D eigenvalue weighted by molar-refractivity contribution is -0.114. The van der Waals surface area contributed by atoms with Gasteiger partial charge in [0, 0.05) is 38.0 Å². The zero-order valence-corrected chi connectivity index (χ0v) is 17.5. The van der Waals surface area contributed by atoms with Gasteiger partial charge >= 0.3 is 0 Å². The maximum atomic E-state index is 11.7. The van der Waals surface area contributed by atoms with E-state index in [1.165, 1.54) is 0 Å². The summed E-state index contributed by atoms with van der Waals surface area (Å²) in [6.45, 7) is 13.2. The SMILES string of the molecule is C=C(C(N)=O)C(=N/C(C)=C(/C)N)N1CCC(NC(CC)CCC)C(OC)C1. The normalized spacial score (nSPS) is 23.0. The largest absolute Gasteiger partial charge is 0.401 e. The summed E-state index contributed by atoms with van der Waals surface area (Å²) in [6, 6.07) is 0.752. The highest BCUT2D eigenvalue weighted by molar-refractivity contribution is 6.19. The molecule has 0 bridgehead atoms. The van der Waals surface area contributed by atoms with E-state index in [9.17, 15) is 4.79 Å². The molecule has 0 saturated carbocycles. The summed E-state index contributed by atoms with van der Waals surface area (Å²) < 4.78 is 5.76. The molecule has 0 aliphatic carbocycles. The van der Waals surface area contributed by atoms with Crippen LogP contribution in [0.25, 0.3) is 0 Å². The number of hydrogen-bond acceptors (Lipinski definition) is 5. The van der Waals surface area contributed by atoms with Crippen molar-refractivity contribution in [3.63, 3.8) is 0 Å². The van der Waals surface area contributed by atoms with Crippen LogP contribution >= 0.6 is 0 Å². The number of nitrogens with zero attached hydrogens (tertiary/aromatic N) is 2. The molecule has 154 valence electrons. The number of carbonyl (C=O) groups is 1. The summed E-state index contributed by atoms with van der Waals surface area (Å²) in [4.78, 5) is 18.3. The Morgan fingerprint density at radius 1 is 1.37 bits per heavy atom. The van der Waals surface area contributed by atoms with Crippen molar-refractivity contribution in [1.82, 2.24) is 10.2 Å². The monoisotopic (exact) mass is 379 g/mol. The van der Waals surface area contributed by atoms with Crippen LogP contribution in [0.15, 0.2) is 28.5 Å². The van der Waals surface area contributed by atoms with Crippen LogP contribution in [-0.2, 0) is 9.53 Å². The molecule has 1 aliphatic heterocycles. The molecule has 0 spiro atoms. The minimum absolute atomic E-state index is 0.0150. The van der Waals surface area contributed by atoms with Gasteiger partial charge in [-0.15, -0.1) is 0 Å². The molecule has 3 atom stereocenters. The molecule has 5 N–H and O–H groups in total. The van der Waals surface area contributed by atoms with Crippen molar-refractivity contribution in [1.29, 1.82) is 0 Å². The highest BCUT2D eigenvalue weighted by Gasteiger charge is 2.33. The third-order valence-electron chi connectivity index (χ3n) is 5.15. The molecule has 0 aromatic heterocycles. The van der Waals surface area contributed by atoms with Gasteiger partial charge in [-0.25, -0.2) is 4.99 Å². The lowest BCUT2D eigenvalue weighted by Crippen LogP contribution is -2.57. The Bertz CT molecular complexity index is 581. The molecular formula is C20H37N5O2. The summed E-state index contributed by atoms with van der Waals surface area (Å²) in [5, 5.41) is 3.74. The van der Waals surface area contributed by atoms with Crippen LogP contribution < -0.4 is 16.8 Å². The second-order valence-corrected chi connectivity index (χ2v) is 7.22. The van der Waals surface area contributed by atoms with E-state index < -0.39 is 5.91 Å². The van der Waals surface area contributed by atoms with Crippen molar-refractivity contribution in [2.45, 2.75) is 71.6 Å². The number of primary amides is 1. The second-order valence-electron chi connectivity index (χ2n) is 7.22. The number of aliphatic imine (C=N–C) groups is 1. The maximum absolute atomic E-state index is 11.7. The van der Waals surface area contributed by atoms with Crippen LogP contribution in [0.4, 0.5) is 0 Å². The molecule has 7 nitrogen and oxygen atoms in total. The Kier molecular flexibility index (Phi) is 9.52. The average Bonchev–Trinajstić information content (AvgIpc) is 2.64. The maximum Gasteiger partial charge on any atom is 0.251 e. The third kappa shape index (κ3) is 6.66. The first-order chi connectivity index (χ1) is 12.7. The molecule has 1 heterocycles. The van der Waals surface area contributed by atoms with Crippen molar-refractivity contribution in [2.75, 3.05) is 20.2 Å². The molecule has 3 unspecified atom stereocenters. The Hall–Kier alpha value is -1.86. The van der Waals surface area contributed by atoms with Gasteiger partial charge in [-0.2, -0.15) is 0 Å². The number of piperidine rings is 1. The van der Waals surface area contributed by atoms with Crippen LogP contribution in [-0.4, -0.2) is 55.0 Å². The molecule has 1 amide bonds. The third-order valence-corrected chi connectivity index (χ3v) is 5.15. The standard InChI is InChI=1S/C20H37N5O2/c1-7-9-16(8-2)24-17-10-11-25(12-18(17)27-6)20(13(3)19(22)26)23-15(5)14(4)21/h16-18,24H,3,7-12,21H2,1-2,4-6H3,(H2,22,26)/b15-14-,23-20?. The summed E-state index contributed by atoms with van der Waals surface area (Å²) in [5.41, 5.74) is 12.7. The van der Waals surface area contributed by atoms with E-state index in [0.29, 0.717) is 29.8 Å². The quantitative estimate of drug-likeness (QED) is 0.322. The molecular weight excluding hydrogens is 342 g/mol. The number of allylic oxidation sites excluding steroid dienone is 2. The van der Waals surface area contributed by atoms with Gasteiger partial charge < -0.3 is 26.4 Å². The van der Waals surface area contributed by atoms with Crippen molar-refractivity contribution in [3.8, 4) is 0 Å². The fourth-order valence-electron chi connectivity index (χ4n) is 3.28. The highest BCUT2D eigenvalue weighted by Crippen LogP contribution is 2.19. The number of methoxy groups -OCH3 is 1. The van der Waals surface area contributed by atoms with Gasteiger partial charge in [-0.05, 0) is 33.1 Å². The number of nitrogens with two attached hydrogens (primary N) is 2. The van der Waals surface area contributed by atoms with E-state index >= 15 is 0 Å². The minimum atomic E-state index is -0.584. The predicted octanol–water partition coefficient (Wildman–Crippen LogP) is 1.89. The molecule has 27 heavy (non-hydrogen) atoms. The predicted molar refractivity (Wildman–Crippen MR) is 111 cm³/mol. The fourth-order valence-corrected chi connectivity index (χ4v) is 3.28. The average molecular weight is 380 g/mol. The van der Waals surface area contributed by atoms with Crippen LogP contribution in [0.1, 0.15) is 53.4 Å². The first-order valence-electron chi connectivity index (χ1n) is 9.79. The number of likely N-dealkylation sites (tertiary alicyclic amines) is 1. The smallest absolute Gasteiger partial charge is 0.251 e. The lowest BCUT2D eigenvalue weighted by atomic mass is 9.98. The van der Waals surface area contributed by atoms with Gasteiger partial charge in [0.05, 0.1) is 17.4 Å². The second kappa shape index (κ2) is 11.1. The number of amides is 1. The summed E-state index contributed by atoms with van der Waals surface area (Å²) in [5.74, 6) is -0.106. The van der Waals surface area contributed by atoms with Gasteiger partial charge in [-0.3, -0.25) is 4.79 Å². The number of carbonyl (C=O) groups excluding carboxylic acids is 1. The van der Waals surface area contributed by atoms with Gasteiger partial charge in [0.15, 0.2) is 0 Å². The Labute approximate surface area is 163 Å². The van der Waals surface area contributed by atoms with Crippen molar-refractivity contribution in [2.24, 2.45) is 16.5 Å². The summed E-state index contributed by atoms with van der Waals surface area (Å²) in [6.07, 6.45) is 4.27. The van der Waals surface area contributed by atoms with Crippen LogP contribution in [0.2, 0.25) is 0 Å². The molecule has 0 radical (unpaired) electrons. The van der Waals surface area contributed by atoms with Crippen LogP contribution in [0.5, 0.6) is 0 Å². The highest BCUT2D eigenvalue weighted by atomic mass is 16.5. The van der Waals surface area contributed by atoms with Gasteiger partial charge in [0.2, 0.25) is 0 Å². The first-order valence-corrected chi connectivity index (χ1v) is 9.79. The fraction of sp³-hybridized carbons (Fsp3) is 0.700. The molecule has 7 heteroatoms.